The van der Waals surface area contributed by atoms with Crippen molar-refractivity contribution in [3.8, 4) is 0 Å². The Hall–Kier alpha value is 0.467. The number of hydrogen-bond donors (Lipinski definition) is 1. The Balaban J connectivity index is 2.95. The lowest BCUT2D eigenvalue weighted by Gasteiger charge is -2.05. The van der Waals surface area contributed by atoms with Crippen LogP contribution in [0, 0.1) is 0 Å². The molecule has 0 fully saturated rings. The van der Waals surface area contributed by atoms with E-state index < -0.39 is 8.27 Å². The van der Waals surface area contributed by atoms with Gasteiger partial charge in [0.15, 0.2) is 0 Å². The fourth-order valence-electron chi connectivity index (χ4n) is 0.707. The molecule has 0 aliphatic rings. The highest BCUT2D eigenvalue weighted by Gasteiger charge is 2.01. The van der Waals surface area contributed by atoms with Gasteiger partial charge in [0.25, 0.3) is 0 Å². The van der Waals surface area contributed by atoms with Crippen LogP contribution in [-0.2, 0) is 0 Å². The molecular weight excluding hydrogens is 150 g/mol. The zero-order chi connectivity index (χ0) is 7.11. The summed E-state index contributed by atoms with van der Waals surface area (Å²) in [6.07, 6.45) is 2.55. The van der Waals surface area contributed by atoms with Gasteiger partial charge in [-0.05, 0) is 12.6 Å². The summed E-state index contributed by atoms with van der Waals surface area (Å²) in [5.41, 5.74) is 0. The molecule has 0 amide bonds. The maximum absolute atomic E-state index is 5.99. The van der Waals surface area contributed by atoms with Crippen LogP contribution in [0.3, 0.4) is 0 Å². The van der Waals surface area contributed by atoms with Crippen molar-refractivity contribution < 1.29 is 0 Å². The summed E-state index contributed by atoms with van der Waals surface area (Å²) in [4.78, 5) is 3.28. The molecule has 0 saturated heterocycles. The quantitative estimate of drug-likeness (QED) is 0.485. The third-order valence-electron chi connectivity index (χ3n) is 1.24. The molecule has 1 atom stereocenters. The molecule has 0 heterocycles. The van der Waals surface area contributed by atoms with E-state index in [1.165, 1.54) is 18.9 Å². The van der Waals surface area contributed by atoms with E-state index in [9.17, 15) is 0 Å². The second kappa shape index (κ2) is 6.58. The monoisotopic (exact) mass is 165 g/mol. The molecule has 3 heteroatoms. The smallest absolute Gasteiger partial charge is 0.211 e. The van der Waals surface area contributed by atoms with E-state index in [-0.39, 0.29) is 0 Å². The van der Waals surface area contributed by atoms with Crippen molar-refractivity contribution in [2.45, 2.75) is 32.7 Å². The molecule has 0 aromatic carbocycles. The third-order valence-corrected chi connectivity index (χ3v) is 4.12. The van der Waals surface area contributed by atoms with Crippen LogP contribution in [0.4, 0.5) is 0 Å². The molecule has 1 unspecified atom stereocenters. The van der Waals surface area contributed by atoms with Gasteiger partial charge >= 0.3 is 0 Å². The van der Waals surface area contributed by atoms with Crippen molar-refractivity contribution in [1.29, 1.82) is 0 Å². The summed E-state index contributed by atoms with van der Waals surface area (Å²) in [5.74, 6) is 0. The summed E-state index contributed by atoms with van der Waals surface area (Å²) in [6, 6.07) is 1.23. The van der Waals surface area contributed by atoms with Gasteiger partial charge in [-0.2, -0.15) is 11.1 Å². The SMILES string of the molecule is CCCC[SiH](Cl)NCC. The maximum atomic E-state index is 5.99. The van der Waals surface area contributed by atoms with Gasteiger partial charge in [-0.25, -0.2) is 0 Å². The standard InChI is InChI=1S/C6H16ClNSi/c1-3-5-6-9(7)8-4-2/h8-9H,3-6H2,1-2H3. The zero-order valence-electron chi connectivity index (χ0n) is 6.28. The van der Waals surface area contributed by atoms with Crippen molar-refractivity contribution in [1.82, 2.24) is 4.98 Å². The molecule has 1 nitrogen and oxygen atoms in total. The largest absolute Gasteiger partial charge is 0.328 e. The maximum Gasteiger partial charge on any atom is 0.211 e. The Kier molecular flexibility index (Phi) is 6.93. The molecule has 0 aliphatic heterocycles. The first-order chi connectivity index (χ1) is 4.31. The van der Waals surface area contributed by atoms with Crippen molar-refractivity contribution in [2.75, 3.05) is 6.54 Å². The van der Waals surface area contributed by atoms with Gasteiger partial charge in [0.1, 0.15) is 0 Å². The van der Waals surface area contributed by atoms with E-state index in [0.29, 0.717) is 0 Å². The Bertz CT molecular complexity index is 61.0. The second-order valence-electron chi connectivity index (χ2n) is 2.17. The predicted octanol–water partition coefficient (Wildman–Crippen LogP) is 1.86. The molecular formula is C6H16ClNSi. The van der Waals surface area contributed by atoms with Crippen molar-refractivity contribution in [3.63, 3.8) is 0 Å². The molecule has 1 N–H and O–H groups in total. The Morgan fingerprint density at radius 2 is 2.11 bits per heavy atom. The fourth-order valence-corrected chi connectivity index (χ4v) is 3.05. The minimum atomic E-state index is -0.998. The lowest BCUT2D eigenvalue weighted by Crippen LogP contribution is -2.27. The van der Waals surface area contributed by atoms with Crippen LogP contribution in [-0.4, -0.2) is 14.8 Å². The summed E-state index contributed by atoms with van der Waals surface area (Å²) in [5, 5.41) is 0. The molecule has 0 rings (SSSR count). The van der Waals surface area contributed by atoms with E-state index in [1.807, 2.05) is 0 Å². The van der Waals surface area contributed by atoms with Crippen LogP contribution in [0.2, 0.25) is 6.04 Å². The molecule has 56 valence electrons. The fraction of sp³-hybridized carbons (Fsp3) is 1.00. The second-order valence-corrected chi connectivity index (χ2v) is 5.67. The predicted molar refractivity (Wildman–Crippen MR) is 46.4 cm³/mol. The lowest BCUT2D eigenvalue weighted by molar-refractivity contribution is 0.861. The molecule has 0 aromatic heterocycles. The average molecular weight is 166 g/mol. The van der Waals surface area contributed by atoms with E-state index in [1.54, 1.807) is 0 Å². The topological polar surface area (TPSA) is 12.0 Å². The summed E-state index contributed by atoms with van der Waals surface area (Å²) < 4.78 is 0. The highest BCUT2D eigenvalue weighted by atomic mass is 35.6. The van der Waals surface area contributed by atoms with Crippen molar-refractivity contribution in [3.05, 3.63) is 0 Å². The van der Waals surface area contributed by atoms with Gasteiger partial charge < -0.3 is 4.98 Å². The van der Waals surface area contributed by atoms with Gasteiger partial charge in [0, 0.05) is 0 Å². The van der Waals surface area contributed by atoms with Crippen LogP contribution in [0.1, 0.15) is 26.7 Å². The van der Waals surface area contributed by atoms with Crippen LogP contribution in [0.15, 0.2) is 0 Å². The molecule has 0 saturated carbocycles. The van der Waals surface area contributed by atoms with E-state index in [4.69, 9.17) is 11.1 Å². The van der Waals surface area contributed by atoms with E-state index in [2.05, 4.69) is 18.8 Å². The zero-order valence-corrected chi connectivity index (χ0v) is 8.19. The van der Waals surface area contributed by atoms with E-state index >= 15 is 0 Å². The van der Waals surface area contributed by atoms with Gasteiger partial charge in [-0.15, -0.1) is 0 Å². The summed E-state index contributed by atoms with van der Waals surface area (Å²) in [7, 11) is -0.998. The van der Waals surface area contributed by atoms with Crippen LogP contribution < -0.4 is 4.98 Å². The number of rotatable bonds is 5. The average Bonchev–Trinajstić information content (AvgIpc) is 1.85. The van der Waals surface area contributed by atoms with Gasteiger partial charge in [0.2, 0.25) is 8.27 Å². The minimum absolute atomic E-state index is 0.998. The first-order valence-corrected chi connectivity index (χ1v) is 6.82. The van der Waals surface area contributed by atoms with Crippen molar-refractivity contribution >= 4 is 19.3 Å². The minimum Gasteiger partial charge on any atom is -0.328 e. The third kappa shape index (κ3) is 6.35. The highest BCUT2D eigenvalue weighted by molar-refractivity contribution is 7.05. The Morgan fingerprint density at radius 1 is 1.44 bits per heavy atom. The molecule has 0 radical (unpaired) electrons. The van der Waals surface area contributed by atoms with E-state index in [0.717, 1.165) is 6.54 Å². The first-order valence-electron chi connectivity index (χ1n) is 3.68. The van der Waals surface area contributed by atoms with Gasteiger partial charge in [-0.1, -0.05) is 26.7 Å². The van der Waals surface area contributed by atoms with Crippen LogP contribution in [0.5, 0.6) is 0 Å². The van der Waals surface area contributed by atoms with Crippen LogP contribution in [0.25, 0.3) is 0 Å². The van der Waals surface area contributed by atoms with Gasteiger partial charge in [0.05, 0.1) is 0 Å². The normalized spacial score (nSPS) is 13.7. The highest BCUT2D eigenvalue weighted by Crippen LogP contribution is 2.00. The Morgan fingerprint density at radius 3 is 2.56 bits per heavy atom. The molecule has 0 spiro atoms. The number of nitrogens with one attached hydrogen (secondary N) is 1. The number of hydrogen-bond acceptors (Lipinski definition) is 1. The number of unbranched alkanes of at least 4 members (excludes halogenated alkanes) is 1. The first kappa shape index (κ1) is 9.47. The molecule has 0 aromatic rings. The molecule has 0 bridgehead atoms. The summed E-state index contributed by atoms with van der Waals surface area (Å²) >= 11 is 5.99. The number of halogens is 1. The van der Waals surface area contributed by atoms with Gasteiger partial charge in [-0.3, -0.25) is 0 Å². The van der Waals surface area contributed by atoms with Crippen molar-refractivity contribution in [2.24, 2.45) is 0 Å². The summed E-state index contributed by atoms with van der Waals surface area (Å²) in [6.45, 7) is 5.34. The lowest BCUT2D eigenvalue weighted by atomic mass is 10.4. The molecule has 0 aliphatic carbocycles. The Labute approximate surface area is 64.2 Å². The molecule has 9 heavy (non-hydrogen) atoms. The van der Waals surface area contributed by atoms with Crippen LogP contribution >= 0.6 is 11.1 Å².